The molecule has 6 heteroatoms. The summed E-state index contributed by atoms with van der Waals surface area (Å²) >= 11 is 0. The number of hydrogen-bond acceptors (Lipinski definition) is 4. The summed E-state index contributed by atoms with van der Waals surface area (Å²) in [6, 6.07) is 11.6. The summed E-state index contributed by atoms with van der Waals surface area (Å²) in [5, 5.41) is 12.2. The van der Waals surface area contributed by atoms with Crippen LogP contribution in [0.15, 0.2) is 36.4 Å². The Morgan fingerprint density at radius 3 is 2.37 bits per heavy atom. The third-order valence-electron chi connectivity index (χ3n) is 6.26. The molecule has 35 heavy (non-hydrogen) atoms. The number of unbranched alkanes of at least 4 members (excludes halogenated alkanes) is 2. The maximum Gasteiger partial charge on any atom is 0.303 e. The first-order valence-electron chi connectivity index (χ1n) is 12.5. The topological polar surface area (TPSA) is 84.9 Å². The minimum Gasteiger partial charge on any atom is -0.497 e. The molecule has 0 aromatic heterocycles. The molecule has 192 valence electrons. The SMILES string of the molecule is CCCCCC(CC(=O)Nc1cc(CCC(=O)O)ccc1C(C)(C)C)c1ccc(OC)cc1OC. The summed E-state index contributed by atoms with van der Waals surface area (Å²) in [6.07, 6.45) is 4.93. The van der Waals surface area contributed by atoms with Crippen molar-refractivity contribution in [1.82, 2.24) is 0 Å². The van der Waals surface area contributed by atoms with E-state index in [1.165, 1.54) is 0 Å². The summed E-state index contributed by atoms with van der Waals surface area (Å²) in [7, 11) is 3.26. The fourth-order valence-corrected chi connectivity index (χ4v) is 4.34. The van der Waals surface area contributed by atoms with Crippen LogP contribution in [0.25, 0.3) is 0 Å². The lowest BCUT2D eigenvalue weighted by Crippen LogP contribution is -2.21. The van der Waals surface area contributed by atoms with Gasteiger partial charge < -0.3 is 19.9 Å². The number of aryl methyl sites for hydroxylation is 1. The van der Waals surface area contributed by atoms with Crippen LogP contribution in [0.1, 0.15) is 88.8 Å². The number of carboxylic acid groups (broad SMARTS) is 1. The number of rotatable bonds is 13. The fraction of sp³-hybridized carbons (Fsp3) is 0.517. The third-order valence-corrected chi connectivity index (χ3v) is 6.26. The van der Waals surface area contributed by atoms with Crippen LogP contribution < -0.4 is 14.8 Å². The van der Waals surface area contributed by atoms with E-state index in [1.54, 1.807) is 14.2 Å². The molecule has 0 aliphatic rings. The van der Waals surface area contributed by atoms with Gasteiger partial charge in [-0.25, -0.2) is 0 Å². The van der Waals surface area contributed by atoms with Gasteiger partial charge in [0.15, 0.2) is 0 Å². The number of carboxylic acids is 1. The Hall–Kier alpha value is -3.02. The average molecular weight is 484 g/mol. The maximum absolute atomic E-state index is 13.3. The standard InChI is InChI=1S/C29H41NO5/c1-7-8-9-10-21(23-14-13-22(34-5)19-26(23)35-6)18-27(31)30-25-17-20(12-16-28(32)33)11-15-24(25)29(2,3)4/h11,13-15,17,19,21H,7-10,12,16,18H2,1-6H3,(H,30,31)(H,32,33). The zero-order valence-electron chi connectivity index (χ0n) is 22.1. The van der Waals surface area contributed by atoms with Crippen molar-refractivity contribution in [3.8, 4) is 11.5 Å². The van der Waals surface area contributed by atoms with Gasteiger partial charge in [0.05, 0.1) is 14.2 Å². The monoisotopic (exact) mass is 483 g/mol. The van der Waals surface area contributed by atoms with Crippen molar-refractivity contribution >= 4 is 17.6 Å². The Kier molecular flexibility index (Phi) is 10.6. The van der Waals surface area contributed by atoms with Crippen molar-refractivity contribution in [2.45, 2.75) is 84.0 Å². The largest absolute Gasteiger partial charge is 0.497 e. The second-order valence-electron chi connectivity index (χ2n) is 10.1. The van der Waals surface area contributed by atoms with Crippen LogP contribution in [-0.4, -0.2) is 31.2 Å². The number of methoxy groups -OCH3 is 2. The molecule has 2 rings (SSSR count). The summed E-state index contributed by atoms with van der Waals surface area (Å²) in [4.78, 5) is 24.4. The number of carbonyl (C=O) groups excluding carboxylic acids is 1. The first-order valence-corrected chi connectivity index (χ1v) is 12.5. The highest BCUT2D eigenvalue weighted by molar-refractivity contribution is 5.92. The van der Waals surface area contributed by atoms with Crippen LogP contribution in [0.5, 0.6) is 11.5 Å². The van der Waals surface area contributed by atoms with E-state index in [9.17, 15) is 9.59 Å². The van der Waals surface area contributed by atoms with Gasteiger partial charge in [0.1, 0.15) is 11.5 Å². The fourth-order valence-electron chi connectivity index (χ4n) is 4.34. The molecule has 2 aromatic rings. The van der Waals surface area contributed by atoms with Crippen molar-refractivity contribution in [1.29, 1.82) is 0 Å². The molecule has 0 saturated carbocycles. The molecule has 2 aromatic carbocycles. The van der Waals surface area contributed by atoms with Crippen LogP contribution in [-0.2, 0) is 21.4 Å². The van der Waals surface area contributed by atoms with Gasteiger partial charge in [-0.3, -0.25) is 9.59 Å². The highest BCUT2D eigenvalue weighted by Crippen LogP contribution is 2.36. The molecule has 0 fully saturated rings. The van der Waals surface area contributed by atoms with Gasteiger partial charge in [0, 0.05) is 24.6 Å². The van der Waals surface area contributed by atoms with Gasteiger partial charge in [-0.2, -0.15) is 0 Å². The number of ether oxygens (including phenoxy) is 2. The lowest BCUT2D eigenvalue weighted by Gasteiger charge is -2.25. The Labute approximate surface area is 210 Å². The highest BCUT2D eigenvalue weighted by Gasteiger charge is 2.23. The molecule has 6 nitrogen and oxygen atoms in total. The van der Waals surface area contributed by atoms with Gasteiger partial charge in [-0.05, 0) is 53.0 Å². The second kappa shape index (κ2) is 13.2. The summed E-state index contributed by atoms with van der Waals surface area (Å²) in [6.45, 7) is 8.47. The van der Waals surface area contributed by atoms with Crippen molar-refractivity contribution in [2.75, 3.05) is 19.5 Å². The Balaban J connectivity index is 2.31. The van der Waals surface area contributed by atoms with E-state index in [0.717, 1.165) is 59.6 Å². The van der Waals surface area contributed by atoms with Crippen molar-refractivity contribution in [2.24, 2.45) is 0 Å². The Morgan fingerprint density at radius 1 is 1.03 bits per heavy atom. The minimum atomic E-state index is -0.834. The van der Waals surface area contributed by atoms with E-state index in [2.05, 4.69) is 33.0 Å². The number of amides is 1. The molecule has 0 aliphatic carbocycles. The van der Waals surface area contributed by atoms with E-state index >= 15 is 0 Å². The first-order chi connectivity index (χ1) is 16.6. The van der Waals surface area contributed by atoms with E-state index in [4.69, 9.17) is 14.6 Å². The van der Waals surface area contributed by atoms with E-state index < -0.39 is 5.97 Å². The number of aliphatic carboxylic acids is 1. The lowest BCUT2D eigenvalue weighted by atomic mass is 9.84. The van der Waals surface area contributed by atoms with E-state index in [1.807, 2.05) is 36.4 Å². The van der Waals surface area contributed by atoms with Crippen LogP contribution in [0.2, 0.25) is 0 Å². The van der Waals surface area contributed by atoms with Crippen molar-refractivity contribution in [3.05, 3.63) is 53.1 Å². The molecule has 0 spiro atoms. The minimum absolute atomic E-state index is 0.00989. The molecular formula is C29H41NO5. The molecule has 0 radical (unpaired) electrons. The predicted octanol–water partition coefficient (Wildman–Crippen LogP) is 6.71. The third kappa shape index (κ3) is 8.61. The molecule has 0 saturated heterocycles. The summed E-state index contributed by atoms with van der Waals surface area (Å²) < 4.78 is 11.0. The average Bonchev–Trinajstić information content (AvgIpc) is 2.81. The maximum atomic E-state index is 13.3. The van der Waals surface area contributed by atoms with E-state index in [0.29, 0.717) is 12.8 Å². The molecule has 1 amide bonds. The molecule has 2 N–H and O–H groups in total. The number of benzene rings is 2. The van der Waals surface area contributed by atoms with Crippen molar-refractivity contribution < 1.29 is 24.2 Å². The Morgan fingerprint density at radius 2 is 1.77 bits per heavy atom. The van der Waals surface area contributed by atoms with Crippen LogP contribution in [0, 0.1) is 0 Å². The zero-order valence-corrected chi connectivity index (χ0v) is 22.1. The molecule has 0 bridgehead atoms. The van der Waals surface area contributed by atoms with Crippen LogP contribution in [0.4, 0.5) is 5.69 Å². The number of carbonyl (C=O) groups is 2. The van der Waals surface area contributed by atoms with Crippen molar-refractivity contribution in [3.63, 3.8) is 0 Å². The number of nitrogens with one attached hydrogen (secondary N) is 1. The van der Waals surface area contributed by atoms with Gasteiger partial charge >= 0.3 is 5.97 Å². The summed E-state index contributed by atoms with van der Waals surface area (Å²) in [5.41, 5.74) is 3.50. The van der Waals surface area contributed by atoms with Crippen LogP contribution >= 0.6 is 0 Å². The van der Waals surface area contributed by atoms with Gasteiger partial charge in [0.25, 0.3) is 0 Å². The van der Waals surface area contributed by atoms with Gasteiger partial charge in [-0.15, -0.1) is 0 Å². The van der Waals surface area contributed by atoms with Gasteiger partial charge in [0.2, 0.25) is 5.91 Å². The predicted molar refractivity (Wildman–Crippen MR) is 141 cm³/mol. The highest BCUT2D eigenvalue weighted by atomic mass is 16.5. The molecular weight excluding hydrogens is 442 g/mol. The van der Waals surface area contributed by atoms with E-state index in [-0.39, 0.29) is 23.7 Å². The Bertz CT molecular complexity index is 993. The second-order valence-corrected chi connectivity index (χ2v) is 10.1. The molecule has 0 aliphatic heterocycles. The lowest BCUT2D eigenvalue weighted by molar-refractivity contribution is -0.137. The molecule has 0 heterocycles. The van der Waals surface area contributed by atoms with Gasteiger partial charge in [-0.1, -0.05) is 65.2 Å². The quantitative estimate of drug-likeness (QED) is 0.309. The molecule has 1 unspecified atom stereocenters. The molecule has 1 atom stereocenters. The number of hydrogen-bond donors (Lipinski definition) is 2. The normalized spacial score (nSPS) is 12.2. The smallest absolute Gasteiger partial charge is 0.303 e. The number of anilines is 1. The zero-order chi connectivity index (χ0) is 26.0. The first kappa shape index (κ1) is 28.2. The summed E-state index contributed by atoms with van der Waals surface area (Å²) in [5.74, 6) is 0.555. The van der Waals surface area contributed by atoms with Crippen LogP contribution in [0.3, 0.4) is 0 Å².